The van der Waals surface area contributed by atoms with E-state index in [4.69, 9.17) is 5.11 Å². The van der Waals surface area contributed by atoms with Gasteiger partial charge in [0, 0.05) is 26.8 Å². The SMILES string of the molecule is CC([C@@H]1N[C@H]1C(=O)O)S(=O)C(C)(C)C. The smallest absolute Gasteiger partial charge is 0.322 e. The molecule has 1 aliphatic heterocycles. The second kappa shape index (κ2) is 3.62. The van der Waals surface area contributed by atoms with Crippen molar-refractivity contribution in [1.29, 1.82) is 0 Å². The average Bonchev–Trinajstić information content (AvgIpc) is 2.78. The van der Waals surface area contributed by atoms with Crippen molar-refractivity contribution < 1.29 is 14.1 Å². The quantitative estimate of drug-likeness (QED) is 0.671. The molecule has 0 aromatic heterocycles. The molecule has 0 aromatic rings. The van der Waals surface area contributed by atoms with Crippen molar-refractivity contribution in [2.24, 2.45) is 0 Å². The molecule has 1 fully saturated rings. The second-order valence-electron chi connectivity index (χ2n) is 4.62. The second-order valence-corrected chi connectivity index (χ2v) is 7.19. The van der Waals surface area contributed by atoms with Gasteiger partial charge in [0.15, 0.2) is 0 Å². The predicted octanol–water partition coefficient (Wildman–Crippen LogP) is 0.347. The molecule has 82 valence electrons. The minimum atomic E-state index is -1.01. The maximum atomic E-state index is 11.9. The lowest BCUT2D eigenvalue weighted by molar-refractivity contribution is -0.136. The maximum absolute atomic E-state index is 11.9. The predicted molar refractivity (Wildman–Crippen MR) is 55.7 cm³/mol. The monoisotopic (exact) mass is 219 g/mol. The van der Waals surface area contributed by atoms with Crippen LogP contribution in [-0.2, 0) is 15.6 Å². The lowest BCUT2D eigenvalue weighted by atomic mass is 10.2. The van der Waals surface area contributed by atoms with Crippen LogP contribution >= 0.6 is 0 Å². The number of carbonyl (C=O) groups is 1. The first kappa shape index (κ1) is 11.7. The third-order valence-corrected chi connectivity index (χ3v) is 4.51. The number of aliphatic carboxylic acids is 1. The van der Waals surface area contributed by atoms with Crippen LogP contribution in [0.5, 0.6) is 0 Å². The molecular formula is C9H17NO3S. The highest BCUT2D eigenvalue weighted by Gasteiger charge is 2.49. The van der Waals surface area contributed by atoms with Crippen molar-refractivity contribution in [3.05, 3.63) is 0 Å². The molecule has 0 spiro atoms. The molecule has 14 heavy (non-hydrogen) atoms. The van der Waals surface area contributed by atoms with E-state index in [1.165, 1.54) is 0 Å². The van der Waals surface area contributed by atoms with E-state index in [0.717, 1.165) is 0 Å². The van der Waals surface area contributed by atoms with Gasteiger partial charge in [0.25, 0.3) is 0 Å². The molecule has 1 heterocycles. The fraction of sp³-hybridized carbons (Fsp3) is 0.889. The van der Waals surface area contributed by atoms with Gasteiger partial charge in [-0.1, -0.05) is 0 Å². The molecule has 0 amide bonds. The third-order valence-electron chi connectivity index (χ3n) is 2.34. The molecule has 0 aromatic carbocycles. The molecule has 0 radical (unpaired) electrons. The summed E-state index contributed by atoms with van der Waals surface area (Å²) in [5.41, 5.74) is 0. The van der Waals surface area contributed by atoms with Crippen LogP contribution in [-0.4, -0.2) is 37.4 Å². The zero-order chi connectivity index (χ0) is 11.1. The zero-order valence-electron chi connectivity index (χ0n) is 8.90. The summed E-state index contributed by atoms with van der Waals surface area (Å²) < 4.78 is 11.6. The number of nitrogens with one attached hydrogen (secondary N) is 1. The molecule has 4 nitrogen and oxygen atoms in total. The van der Waals surface area contributed by atoms with Crippen LogP contribution in [0, 0.1) is 0 Å². The molecule has 1 rings (SSSR count). The molecule has 1 aliphatic rings. The Balaban J connectivity index is 2.57. The standard InChI is InChI=1S/C9H17NO3S/c1-5(14(13)9(2,3)4)6-7(10-6)8(11)12/h5-7,10H,1-4H3,(H,11,12)/t5?,6-,7+,14?/m0/s1. The fourth-order valence-electron chi connectivity index (χ4n) is 1.47. The highest BCUT2D eigenvalue weighted by Crippen LogP contribution is 2.25. The van der Waals surface area contributed by atoms with E-state index in [-0.39, 0.29) is 16.0 Å². The summed E-state index contributed by atoms with van der Waals surface area (Å²) in [6.07, 6.45) is 0. The molecule has 0 aliphatic carbocycles. The van der Waals surface area contributed by atoms with Crippen LogP contribution in [0.15, 0.2) is 0 Å². The van der Waals surface area contributed by atoms with Crippen molar-refractivity contribution in [2.75, 3.05) is 0 Å². The van der Waals surface area contributed by atoms with Gasteiger partial charge in [-0.3, -0.25) is 14.3 Å². The van der Waals surface area contributed by atoms with Crippen LogP contribution < -0.4 is 5.32 Å². The van der Waals surface area contributed by atoms with Crippen LogP contribution in [0.2, 0.25) is 0 Å². The van der Waals surface area contributed by atoms with Crippen molar-refractivity contribution >= 4 is 16.8 Å². The topological polar surface area (TPSA) is 76.3 Å². The molecule has 0 bridgehead atoms. The van der Waals surface area contributed by atoms with Crippen molar-refractivity contribution in [3.63, 3.8) is 0 Å². The average molecular weight is 219 g/mol. The van der Waals surface area contributed by atoms with E-state index in [0.29, 0.717) is 0 Å². The Labute approximate surface area is 86.5 Å². The van der Waals surface area contributed by atoms with Crippen LogP contribution in [0.4, 0.5) is 0 Å². The number of rotatable bonds is 3. The lowest BCUT2D eigenvalue weighted by Gasteiger charge is -2.22. The van der Waals surface area contributed by atoms with E-state index in [2.05, 4.69) is 5.32 Å². The largest absolute Gasteiger partial charge is 0.480 e. The first-order chi connectivity index (χ1) is 6.25. The summed E-state index contributed by atoms with van der Waals surface area (Å²) >= 11 is 0. The summed E-state index contributed by atoms with van der Waals surface area (Å²) in [5, 5.41) is 11.4. The first-order valence-electron chi connectivity index (χ1n) is 4.64. The molecule has 2 N–H and O–H groups in total. The van der Waals surface area contributed by atoms with Crippen LogP contribution in [0.25, 0.3) is 0 Å². The molecular weight excluding hydrogens is 202 g/mol. The van der Waals surface area contributed by atoms with Gasteiger partial charge in [-0.05, 0) is 27.7 Å². The lowest BCUT2D eigenvalue weighted by Crippen LogP contribution is -2.34. The normalized spacial score (nSPS) is 30.9. The van der Waals surface area contributed by atoms with Crippen molar-refractivity contribution in [1.82, 2.24) is 5.32 Å². The number of carboxylic acids is 1. The molecule has 1 saturated heterocycles. The molecule has 0 saturated carbocycles. The maximum Gasteiger partial charge on any atom is 0.322 e. The molecule has 4 atom stereocenters. The number of hydrogen-bond acceptors (Lipinski definition) is 3. The van der Waals surface area contributed by atoms with E-state index in [1.54, 1.807) is 0 Å². The third kappa shape index (κ3) is 2.33. The fourth-order valence-corrected chi connectivity index (χ4v) is 3.09. The Morgan fingerprint density at radius 1 is 1.50 bits per heavy atom. The van der Waals surface area contributed by atoms with E-state index in [9.17, 15) is 9.00 Å². The minimum Gasteiger partial charge on any atom is -0.480 e. The van der Waals surface area contributed by atoms with Crippen molar-refractivity contribution in [2.45, 2.75) is 49.8 Å². The molecule has 5 heteroatoms. The van der Waals surface area contributed by atoms with Gasteiger partial charge in [0.05, 0.1) is 0 Å². The Bertz CT molecular complexity index is 272. The summed E-state index contributed by atoms with van der Waals surface area (Å²) in [4.78, 5) is 10.6. The Morgan fingerprint density at radius 3 is 2.29 bits per heavy atom. The van der Waals surface area contributed by atoms with Gasteiger partial charge in [-0.25, -0.2) is 0 Å². The summed E-state index contributed by atoms with van der Waals surface area (Å²) in [7, 11) is -1.01. The Kier molecular flexibility index (Phi) is 3.02. The van der Waals surface area contributed by atoms with Gasteiger partial charge >= 0.3 is 5.97 Å². The van der Waals surface area contributed by atoms with Crippen molar-refractivity contribution in [3.8, 4) is 0 Å². The molecule has 2 unspecified atom stereocenters. The van der Waals surface area contributed by atoms with E-state index in [1.807, 2.05) is 27.7 Å². The van der Waals surface area contributed by atoms with Gasteiger partial charge in [-0.15, -0.1) is 0 Å². The Hall–Kier alpha value is -0.420. The van der Waals surface area contributed by atoms with Gasteiger partial charge < -0.3 is 5.11 Å². The van der Waals surface area contributed by atoms with Crippen LogP contribution in [0.1, 0.15) is 27.7 Å². The number of hydrogen-bond donors (Lipinski definition) is 2. The van der Waals surface area contributed by atoms with Gasteiger partial charge in [-0.2, -0.15) is 0 Å². The summed E-state index contributed by atoms with van der Waals surface area (Å²) in [6, 6.07) is -0.635. The Morgan fingerprint density at radius 2 is 2.00 bits per heavy atom. The minimum absolute atomic E-state index is 0.115. The van der Waals surface area contributed by atoms with Crippen LogP contribution in [0.3, 0.4) is 0 Å². The van der Waals surface area contributed by atoms with E-state index >= 15 is 0 Å². The summed E-state index contributed by atoms with van der Waals surface area (Å²) in [5.74, 6) is -0.854. The van der Waals surface area contributed by atoms with Gasteiger partial charge in [0.2, 0.25) is 0 Å². The first-order valence-corrected chi connectivity index (χ1v) is 5.86. The highest BCUT2D eigenvalue weighted by molar-refractivity contribution is 7.87. The van der Waals surface area contributed by atoms with E-state index < -0.39 is 22.8 Å². The summed E-state index contributed by atoms with van der Waals surface area (Å²) in [6.45, 7) is 7.54. The van der Waals surface area contributed by atoms with Gasteiger partial charge in [0.1, 0.15) is 6.04 Å². The highest BCUT2D eigenvalue weighted by atomic mass is 32.2. The number of carboxylic acid groups (broad SMARTS) is 1. The zero-order valence-corrected chi connectivity index (χ0v) is 9.72.